The number of carbonyl (C=O) groups excluding carboxylic acids is 2. The van der Waals surface area contributed by atoms with E-state index in [1.165, 1.54) is 4.90 Å². The molecule has 1 N–H and O–H groups in total. The molecule has 0 radical (unpaired) electrons. The lowest BCUT2D eigenvalue weighted by Gasteiger charge is -2.17. The summed E-state index contributed by atoms with van der Waals surface area (Å²) >= 11 is 0. The average molecular weight is 296 g/mol. The summed E-state index contributed by atoms with van der Waals surface area (Å²) in [5.74, 6) is 0.465. The van der Waals surface area contributed by atoms with Crippen LogP contribution in [0.25, 0.3) is 10.8 Å². The molecule has 0 unspecified atom stereocenters. The van der Waals surface area contributed by atoms with Gasteiger partial charge < -0.3 is 10.2 Å². The van der Waals surface area contributed by atoms with E-state index in [0.29, 0.717) is 5.92 Å². The molecule has 1 saturated carbocycles. The van der Waals surface area contributed by atoms with Crippen LogP contribution in [0.1, 0.15) is 13.3 Å². The van der Waals surface area contributed by atoms with E-state index in [0.717, 1.165) is 22.9 Å². The van der Waals surface area contributed by atoms with Crippen molar-refractivity contribution in [1.82, 2.24) is 4.90 Å². The van der Waals surface area contributed by atoms with Crippen molar-refractivity contribution in [2.24, 2.45) is 11.8 Å². The first-order valence-corrected chi connectivity index (χ1v) is 7.59. The number of nitrogens with one attached hydrogen (secondary N) is 1. The van der Waals surface area contributed by atoms with Crippen LogP contribution in [0.5, 0.6) is 0 Å². The molecule has 22 heavy (non-hydrogen) atoms. The largest absolute Gasteiger partial charge is 0.336 e. The van der Waals surface area contributed by atoms with Crippen LogP contribution in [-0.2, 0) is 9.59 Å². The van der Waals surface area contributed by atoms with Gasteiger partial charge in [0.25, 0.3) is 0 Å². The SMILES string of the molecule is C[C@@H]1C[C@@H]1C(=O)N(C)CC(=O)Nc1cccc2ccccc12. The lowest BCUT2D eigenvalue weighted by atomic mass is 10.1. The maximum Gasteiger partial charge on any atom is 0.244 e. The lowest BCUT2D eigenvalue weighted by molar-refractivity contribution is -0.134. The molecule has 2 aromatic carbocycles. The summed E-state index contributed by atoms with van der Waals surface area (Å²) in [5, 5.41) is 4.99. The summed E-state index contributed by atoms with van der Waals surface area (Å²) in [6.07, 6.45) is 0.939. The first-order valence-electron chi connectivity index (χ1n) is 7.59. The number of anilines is 1. The summed E-state index contributed by atoms with van der Waals surface area (Å²) in [5.41, 5.74) is 0.781. The van der Waals surface area contributed by atoms with Crippen LogP contribution >= 0.6 is 0 Å². The monoisotopic (exact) mass is 296 g/mol. The van der Waals surface area contributed by atoms with Crippen LogP contribution in [0.4, 0.5) is 5.69 Å². The highest BCUT2D eigenvalue weighted by molar-refractivity contribution is 6.03. The highest BCUT2D eigenvalue weighted by Gasteiger charge is 2.40. The Hall–Kier alpha value is -2.36. The fourth-order valence-corrected chi connectivity index (χ4v) is 2.77. The maximum atomic E-state index is 12.2. The molecule has 0 spiro atoms. The van der Waals surface area contributed by atoms with Gasteiger partial charge >= 0.3 is 0 Å². The third-order valence-corrected chi connectivity index (χ3v) is 4.25. The maximum absolute atomic E-state index is 12.2. The molecular formula is C18H20N2O2. The van der Waals surface area contributed by atoms with E-state index in [4.69, 9.17) is 0 Å². The summed E-state index contributed by atoms with van der Waals surface area (Å²) in [4.78, 5) is 25.8. The second kappa shape index (κ2) is 5.79. The molecule has 2 amide bonds. The van der Waals surface area contributed by atoms with Crippen LogP contribution in [-0.4, -0.2) is 30.3 Å². The van der Waals surface area contributed by atoms with E-state index in [1.807, 2.05) is 42.5 Å². The predicted octanol–water partition coefficient (Wildman–Crippen LogP) is 2.89. The Kier molecular flexibility index (Phi) is 3.84. The van der Waals surface area contributed by atoms with Crippen LogP contribution in [0.15, 0.2) is 42.5 Å². The van der Waals surface area contributed by atoms with Crippen LogP contribution < -0.4 is 5.32 Å². The molecule has 0 bridgehead atoms. The quantitative estimate of drug-likeness (QED) is 0.943. The molecule has 2 atom stereocenters. The fraction of sp³-hybridized carbons (Fsp3) is 0.333. The highest BCUT2D eigenvalue weighted by Crippen LogP contribution is 2.38. The fourth-order valence-electron chi connectivity index (χ4n) is 2.77. The van der Waals surface area contributed by atoms with Crippen molar-refractivity contribution < 1.29 is 9.59 Å². The molecule has 3 rings (SSSR count). The average Bonchev–Trinajstić information content (AvgIpc) is 3.23. The van der Waals surface area contributed by atoms with Crippen molar-refractivity contribution in [2.75, 3.05) is 18.9 Å². The van der Waals surface area contributed by atoms with Gasteiger partial charge in [0.1, 0.15) is 0 Å². The van der Waals surface area contributed by atoms with Crippen molar-refractivity contribution in [1.29, 1.82) is 0 Å². The standard InChI is InChI=1S/C18H20N2O2/c1-12-10-15(12)18(22)20(2)11-17(21)19-16-9-5-7-13-6-3-4-8-14(13)16/h3-9,12,15H,10-11H2,1-2H3,(H,19,21)/t12-,15+/m1/s1. The number of rotatable bonds is 4. The first-order chi connectivity index (χ1) is 10.6. The number of nitrogens with zero attached hydrogens (tertiary/aromatic N) is 1. The van der Waals surface area contributed by atoms with Gasteiger partial charge in [0.15, 0.2) is 0 Å². The summed E-state index contributed by atoms with van der Waals surface area (Å²) < 4.78 is 0. The number of hydrogen-bond acceptors (Lipinski definition) is 2. The van der Waals surface area contributed by atoms with E-state index in [1.54, 1.807) is 7.05 Å². The molecular weight excluding hydrogens is 276 g/mol. The number of benzene rings is 2. The third-order valence-electron chi connectivity index (χ3n) is 4.25. The van der Waals surface area contributed by atoms with E-state index >= 15 is 0 Å². The van der Waals surface area contributed by atoms with Gasteiger partial charge in [0, 0.05) is 24.0 Å². The van der Waals surface area contributed by atoms with E-state index < -0.39 is 0 Å². The van der Waals surface area contributed by atoms with Gasteiger partial charge in [-0.05, 0) is 23.8 Å². The second-order valence-corrected chi connectivity index (χ2v) is 6.09. The van der Waals surface area contributed by atoms with Crippen molar-refractivity contribution in [3.8, 4) is 0 Å². The smallest absolute Gasteiger partial charge is 0.244 e. The zero-order chi connectivity index (χ0) is 15.7. The molecule has 1 fully saturated rings. The van der Waals surface area contributed by atoms with Gasteiger partial charge in [-0.2, -0.15) is 0 Å². The minimum atomic E-state index is -0.166. The molecule has 1 aliphatic carbocycles. The molecule has 2 aromatic rings. The molecule has 114 valence electrons. The van der Waals surface area contributed by atoms with Crippen molar-refractivity contribution >= 4 is 28.3 Å². The molecule has 0 saturated heterocycles. The Bertz CT molecular complexity index is 721. The highest BCUT2D eigenvalue weighted by atomic mass is 16.2. The Labute approximate surface area is 130 Å². The van der Waals surface area contributed by atoms with Gasteiger partial charge in [-0.15, -0.1) is 0 Å². The topological polar surface area (TPSA) is 49.4 Å². The third kappa shape index (κ3) is 2.96. The van der Waals surface area contributed by atoms with E-state index in [2.05, 4.69) is 12.2 Å². The normalized spacial score (nSPS) is 19.7. The minimum Gasteiger partial charge on any atom is -0.336 e. The zero-order valence-electron chi connectivity index (χ0n) is 12.9. The summed E-state index contributed by atoms with van der Waals surface area (Å²) in [6.45, 7) is 2.15. The number of hydrogen-bond donors (Lipinski definition) is 1. The predicted molar refractivity (Wildman–Crippen MR) is 87.5 cm³/mol. The Morgan fingerprint density at radius 2 is 1.86 bits per heavy atom. The lowest BCUT2D eigenvalue weighted by Crippen LogP contribution is -2.36. The van der Waals surface area contributed by atoms with Gasteiger partial charge in [0.05, 0.1) is 6.54 Å². The minimum absolute atomic E-state index is 0.0700. The van der Waals surface area contributed by atoms with Gasteiger partial charge in [-0.3, -0.25) is 9.59 Å². The number of amides is 2. The Morgan fingerprint density at radius 1 is 1.18 bits per heavy atom. The van der Waals surface area contributed by atoms with Crippen molar-refractivity contribution in [2.45, 2.75) is 13.3 Å². The number of likely N-dealkylation sites (N-methyl/N-ethyl adjacent to an activating group) is 1. The van der Waals surface area contributed by atoms with Gasteiger partial charge in [-0.1, -0.05) is 43.3 Å². The molecule has 1 aliphatic rings. The van der Waals surface area contributed by atoms with Crippen LogP contribution in [0.3, 0.4) is 0 Å². The first kappa shape index (κ1) is 14.6. The zero-order valence-corrected chi connectivity index (χ0v) is 12.9. The van der Waals surface area contributed by atoms with Crippen molar-refractivity contribution in [3.63, 3.8) is 0 Å². The Morgan fingerprint density at radius 3 is 2.59 bits per heavy atom. The second-order valence-electron chi connectivity index (χ2n) is 6.09. The number of fused-ring (bicyclic) bond motifs is 1. The van der Waals surface area contributed by atoms with Crippen LogP contribution in [0, 0.1) is 11.8 Å². The Balaban J connectivity index is 1.67. The summed E-state index contributed by atoms with van der Waals surface area (Å²) in [7, 11) is 1.69. The van der Waals surface area contributed by atoms with Crippen molar-refractivity contribution in [3.05, 3.63) is 42.5 Å². The van der Waals surface area contributed by atoms with Gasteiger partial charge in [-0.25, -0.2) is 0 Å². The molecule has 0 aliphatic heterocycles. The number of carbonyl (C=O) groups is 2. The van der Waals surface area contributed by atoms with Crippen LogP contribution in [0.2, 0.25) is 0 Å². The van der Waals surface area contributed by atoms with E-state index in [-0.39, 0.29) is 24.3 Å². The molecule has 0 heterocycles. The molecule has 0 aromatic heterocycles. The van der Waals surface area contributed by atoms with Gasteiger partial charge in [0.2, 0.25) is 11.8 Å². The summed E-state index contributed by atoms with van der Waals surface area (Å²) in [6, 6.07) is 13.7. The molecule has 4 nitrogen and oxygen atoms in total. The van der Waals surface area contributed by atoms with E-state index in [9.17, 15) is 9.59 Å². The molecule has 4 heteroatoms.